The van der Waals surface area contributed by atoms with Gasteiger partial charge in [-0.25, -0.2) is 9.97 Å². The lowest BCUT2D eigenvalue weighted by Crippen LogP contribution is -2.18. The van der Waals surface area contributed by atoms with Gasteiger partial charge in [0, 0.05) is 24.9 Å². The minimum absolute atomic E-state index is 0.189. The highest BCUT2D eigenvalue weighted by molar-refractivity contribution is 5.98. The molecule has 9 nitrogen and oxygen atoms in total. The van der Waals surface area contributed by atoms with Gasteiger partial charge in [-0.3, -0.25) is 14.7 Å². The van der Waals surface area contributed by atoms with E-state index < -0.39 is 10.8 Å². The molecule has 0 fully saturated rings. The number of hydrogen-bond acceptors (Lipinski definition) is 6. The topological polar surface area (TPSA) is 132 Å². The van der Waals surface area contributed by atoms with Crippen molar-refractivity contribution in [2.75, 3.05) is 0 Å². The smallest absolute Gasteiger partial charge is 0.298 e. The molecule has 0 aliphatic carbocycles. The number of oxime groups is 1. The summed E-state index contributed by atoms with van der Waals surface area (Å²) in [6.45, 7) is 1.93. The van der Waals surface area contributed by atoms with Crippen LogP contribution < -0.4 is 5.73 Å². The standard InChI is InChI=1S/C11H12N6O3/c1-2-8-13-5-6-16(8)9-4-3-7(17(19)20)10(14-9)11(12)15-18/h3-6,18H,2H2,1H3,(H2,12,15). The molecule has 2 heterocycles. The molecule has 0 aliphatic rings. The predicted molar refractivity (Wildman–Crippen MR) is 69.9 cm³/mol. The molecule has 0 radical (unpaired) electrons. The molecule has 0 amide bonds. The van der Waals surface area contributed by atoms with Crippen molar-refractivity contribution < 1.29 is 10.1 Å². The Morgan fingerprint density at radius 2 is 2.35 bits per heavy atom. The monoisotopic (exact) mass is 276 g/mol. The maximum absolute atomic E-state index is 10.9. The number of amidine groups is 1. The number of nitrogens with zero attached hydrogens (tertiary/aromatic N) is 5. The molecule has 0 atom stereocenters. The van der Waals surface area contributed by atoms with Crippen molar-refractivity contribution in [2.24, 2.45) is 10.9 Å². The van der Waals surface area contributed by atoms with Gasteiger partial charge in [-0.1, -0.05) is 12.1 Å². The summed E-state index contributed by atoms with van der Waals surface area (Å²) in [7, 11) is 0. The molecule has 0 aromatic carbocycles. The van der Waals surface area contributed by atoms with Crippen LogP contribution in [0.2, 0.25) is 0 Å². The fourth-order valence-electron chi connectivity index (χ4n) is 1.76. The molecule has 20 heavy (non-hydrogen) atoms. The molecule has 9 heteroatoms. The van der Waals surface area contributed by atoms with Crippen molar-refractivity contribution in [2.45, 2.75) is 13.3 Å². The van der Waals surface area contributed by atoms with Crippen molar-refractivity contribution in [3.05, 3.63) is 46.2 Å². The molecule has 0 saturated heterocycles. The Labute approximate surface area is 113 Å². The lowest BCUT2D eigenvalue weighted by molar-refractivity contribution is -0.385. The van der Waals surface area contributed by atoms with Gasteiger partial charge in [0.2, 0.25) is 0 Å². The number of nitro groups is 1. The molecule has 3 N–H and O–H groups in total. The zero-order valence-corrected chi connectivity index (χ0v) is 10.6. The van der Waals surface area contributed by atoms with Gasteiger partial charge in [0.25, 0.3) is 5.69 Å². The van der Waals surface area contributed by atoms with E-state index in [0.29, 0.717) is 12.2 Å². The van der Waals surface area contributed by atoms with E-state index in [-0.39, 0.29) is 11.4 Å². The highest BCUT2D eigenvalue weighted by Crippen LogP contribution is 2.19. The van der Waals surface area contributed by atoms with Crippen LogP contribution in [0, 0.1) is 10.1 Å². The van der Waals surface area contributed by atoms with Crippen molar-refractivity contribution >= 4 is 11.5 Å². The molecule has 2 aromatic rings. The lowest BCUT2D eigenvalue weighted by Gasteiger charge is -2.07. The van der Waals surface area contributed by atoms with Crippen LogP contribution in [0.3, 0.4) is 0 Å². The second-order valence-corrected chi connectivity index (χ2v) is 3.85. The van der Waals surface area contributed by atoms with Crippen LogP contribution in [0.4, 0.5) is 5.69 Å². The first-order valence-corrected chi connectivity index (χ1v) is 5.74. The second kappa shape index (κ2) is 5.34. The van der Waals surface area contributed by atoms with E-state index in [1.165, 1.54) is 12.1 Å². The average Bonchev–Trinajstić information content (AvgIpc) is 2.94. The van der Waals surface area contributed by atoms with Gasteiger partial charge in [0.15, 0.2) is 11.5 Å². The fraction of sp³-hybridized carbons (Fsp3) is 0.182. The van der Waals surface area contributed by atoms with E-state index in [1.807, 2.05) is 6.92 Å². The quantitative estimate of drug-likeness (QED) is 0.279. The Morgan fingerprint density at radius 3 is 2.95 bits per heavy atom. The van der Waals surface area contributed by atoms with Crippen molar-refractivity contribution in [3.8, 4) is 5.82 Å². The van der Waals surface area contributed by atoms with Crippen LogP contribution in [0.25, 0.3) is 5.82 Å². The first-order valence-electron chi connectivity index (χ1n) is 5.74. The number of imidazole rings is 1. The molecule has 0 unspecified atom stereocenters. The summed E-state index contributed by atoms with van der Waals surface area (Å²) in [6, 6.07) is 2.74. The van der Waals surface area contributed by atoms with E-state index >= 15 is 0 Å². The van der Waals surface area contributed by atoms with Crippen LogP contribution in [0.15, 0.2) is 29.7 Å². The summed E-state index contributed by atoms with van der Waals surface area (Å²) in [5, 5.41) is 22.4. The lowest BCUT2D eigenvalue weighted by atomic mass is 10.2. The average molecular weight is 276 g/mol. The number of aryl methyl sites for hydroxylation is 1. The van der Waals surface area contributed by atoms with E-state index in [9.17, 15) is 10.1 Å². The first-order chi connectivity index (χ1) is 9.58. The zero-order valence-electron chi connectivity index (χ0n) is 10.6. The fourth-order valence-corrected chi connectivity index (χ4v) is 1.76. The number of aromatic nitrogens is 3. The molecule has 0 spiro atoms. The van der Waals surface area contributed by atoms with Crippen LogP contribution >= 0.6 is 0 Å². The number of pyridine rings is 1. The summed E-state index contributed by atoms with van der Waals surface area (Å²) >= 11 is 0. The molecule has 0 bridgehead atoms. The Bertz CT molecular complexity index is 679. The summed E-state index contributed by atoms with van der Waals surface area (Å²) in [4.78, 5) is 18.5. The summed E-state index contributed by atoms with van der Waals surface area (Å²) in [5.74, 6) is 0.736. The van der Waals surface area contributed by atoms with Crippen molar-refractivity contribution in [1.29, 1.82) is 0 Å². The van der Waals surface area contributed by atoms with Crippen LogP contribution in [-0.2, 0) is 6.42 Å². The Morgan fingerprint density at radius 1 is 1.60 bits per heavy atom. The maximum Gasteiger partial charge on any atom is 0.298 e. The highest BCUT2D eigenvalue weighted by Gasteiger charge is 2.20. The minimum atomic E-state index is -0.640. The van der Waals surface area contributed by atoms with Gasteiger partial charge in [-0.2, -0.15) is 0 Å². The molecular formula is C11H12N6O3. The third-order valence-electron chi connectivity index (χ3n) is 2.69. The van der Waals surface area contributed by atoms with Crippen molar-refractivity contribution in [1.82, 2.24) is 14.5 Å². The molecule has 104 valence electrons. The molecule has 2 rings (SSSR count). The van der Waals surface area contributed by atoms with Gasteiger partial charge >= 0.3 is 0 Å². The third kappa shape index (κ3) is 2.28. The predicted octanol–water partition coefficient (Wildman–Crippen LogP) is 0.832. The summed E-state index contributed by atoms with van der Waals surface area (Å²) < 4.78 is 1.68. The van der Waals surface area contributed by atoms with E-state index in [0.717, 1.165) is 5.82 Å². The third-order valence-corrected chi connectivity index (χ3v) is 2.69. The van der Waals surface area contributed by atoms with Crippen molar-refractivity contribution in [3.63, 3.8) is 0 Å². The Hall–Kier alpha value is -2.97. The normalized spacial score (nSPS) is 11.6. The number of hydrogen-bond donors (Lipinski definition) is 2. The van der Waals surface area contributed by atoms with E-state index in [1.54, 1.807) is 17.0 Å². The molecule has 2 aromatic heterocycles. The van der Waals surface area contributed by atoms with Gasteiger partial charge < -0.3 is 10.9 Å². The summed E-state index contributed by atoms with van der Waals surface area (Å²) in [5.41, 5.74) is 4.91. The van der Waals surface area contributed by atoms with Gasteiger partial charge in [0.1, 0.15) is 11.6 Å². The number of rotatable bonds is 4. The second-order valence-electron chi connectivity index (χ2n) is 3.85. The summed E-state index contributed by atoms with van der Waals surface area (Å²) in [6.07, 6.45) is 3.96. The van der Waals surface area contributed by atoms with Crippen LogP contribution in [0.5, 0.6) is 0 Å². The molecule has 0 saturated carbocycles. The Balaban J connectivity index is 2.61. The van der Waals surface area contributed by atoms with E-state index in [2.05, 4.69) is 15.1 Å². The van der Waals surface area contributed by atoms with Crippen LogP contribution in [0.1, 0.15) is 18.4 Å². The number of nitrogens with two attached hydrogens (primary N) is 1. The largest absolute Gasteiger partial charge is 0.409 e. The molecule has 0 aliphatic heterocycles. The first kappa shape index (κ1) is 13.5. The maximum atomic E-state index is 10.9. The van der Waals surface area contributed by atoms with E-state index in [4.69, 9.17) is 10.9 Å². The zero-order chi connectivity index (χ0) is 14.7. The SMILES string of the molecule is CCc1nccn1-c1ccc([N+](=O)[O-])c(/C(N)=N/O)n1. The van der Waals surface area contributed by atoms with Crippen LogP contribution in [-0.4, -0.2) is 30.5 Å². The molecular weight excluding hydrogens is 264 g/mol. The highest BCUT2D eigenvalue weighted by atomic mass is 16.6. The Kier molecular flexibility index (Phi) is 3.60. The van der Waals surface area contributed by atoms with Gasteiger partial charge in [-0.05, 0) is 6.07 Å². The minimum Gasteiger partial charge on any atom is -0.409 e. The van der Waals surface area contributed by atoms with Gasteiger partial charge in [0.05, 0.1) is 4.92 Å². The van der Waals surface area contributed by atoms with Gasteiger partial charge in [-0.15, -0.1) is 0 Å².